The number of rotatable bonds is 3. The molecule has 1 aromatic rings. The van der Waals surface area contributed by atoms with Crippen LogP contribution in [0.2, 0.25) is 0 Å². The van der Waals surface area contributed by atoms with Gasteiger partial charge >= 0.3 is 0 Å². The van der Waals surface area contributed by atoms with Crippen LogP contribution in [-0.4, -0.2) is 59.8 Å². The van der Waals surface area contributed by atoms with Crippen LogP contribution in [0, 0.1) is 6.92 Å². The lowest BCUT2D eigenvalue weighted by molar-refractivity contribution is 0.0693. The monoisotopic (exact) mass is 303 g/mol. The Morgan fingerprint density at radius 1 is 1.37 bits per heavy atom. The van der Waals surface area contributed by atoms with Crippen molar-refractivity contribution in [2.24, 2.45) is 0 Å². The fourth-order valence-electron chi connectivity index (χ4n) is 1.98. The maximum Gasteiger partial charge on any atom is 0.273 e. The van der Waals surface area contributed by atoms with E-state index in [1.54, 1.807) is 17.9 Å². The van der Waals surface area contributed by atoms with Crippen LogP contribution in [0.3, 0.4) is 0 Å². The standard InChI is InChI=1S/C11H17N3O3S2/c1-3-19(16,17)14-6-4-13(5-7-14)11(15)10-8-9(2)18-12-10/h8H,3-7H2,1-2H3. The molecule has 0 unspecified atom stereocenters. The lowest BCUT2D eigenvalue weighted by Gasteiger charge is -2.33. The molecule has 1 amide bonds. The fraction of sp³-hybridized carbons (Fsp3) is 0.636. The van der Waals surface area contributed by atoms with E-state index in [0.717, 1.165) is 4.88 Å². The minimum absolute atomic E-state index is 0.103. The fourth-order valence-corrected chi connectivity index (χ4v) is 3.60. The minimum atomic E-state index is -3.15. The lowest BCUT2D eigenvalue weighted by atomic mass is 10.3. The molecule has 2 heterocycles. The van der Waals surface area contributed by atoms with Crippen molar-refractivity contribution in [1.29, 1.82) is 0 Å². The van der Waals surface area contributed by atoms with Gasteiger partial charge in [-0.1, -0.05) is 0 Å². The van der Waals surface area contributed by atoms with Gasteiger partial charge in [-0.15, -0.1) is 0 Å². The maximum atomic E-state index is 12.1. The van der Waals surface area contributed by atoms with Crippen molar-refractivity contribution in [3.8, 4) is 0 Å². The first-order valence-electron chi connectivity index (χ1n) is 6.14. The summed E-state index contributed by atoms with van der Waals surface area (Å²) in [4.78, 5) is 14.8. The van der Waals surface area contributed by atoms with E-state index >= 15 is 0 Å². The van der Waals surface area contributed by atoms with Crippen molar-refractivity contribution in [3.63, 3.8) is 0 Å². The van der Waals surface area contributed by atoms with E-state index in [9.17, 15) is 13.2 Å². The summed E-state index contributed by atoms with van der Waals surface area (Å²) in [5.74, 6) is -0.00966. The third-order valence-corrected chi connectivity index (χ3v) is 5.71. The predicted molar refractivity (Wildman–Crippen MR) is 73.8 cm³/mol. The van der Waals surface area contributed by atoms with Gasteiger partial charge in [0.25, 0.3) is 5.91 Å². The molecule has 1 aliphatic rings. The Bertz CT molecular complexity index is 559. The summed E-state index contributed by atoms with van der Waals surface area (Å²) in [5.41, 5.74) is 0.453. The molecule has 0 bridgehead atoms. The van der Waals surface area contributed by atoms with Crippen LogP contribution in [0.5, 0.6) is 0 Å². The molecule has 0 saturated carbocycles. The highest BCUT2D eigenvalue weighted by Gasteiger charge is 2.28. The van der Waals surface area contributed by atoms with Gasteiger partial charge in [0.1, 0.15) is 5.69 Å². The van der Waals surface area contributed by atoms with Crippen molar-refractivity contribution in [3.05, 3.63) is 16.6 Å². The summed E-state index contributed by atoms with van der Waals surface area (Å²) in [6.45, 7) is 5.12. The molecule has 1 saturated heterocycles. The van der Waals surface area contributed by atoms with Crippen molar-refractivity contribution in [2.45, 2.75) is 13.8 Å². The molecule has 0 radical (unpaired) electrons. The van der Waals surface area contributed by atoms with Crippen LogP contribution in [0.15, 0.2) is 6.07 Å². The number of aromatic nitrogens is 1. The molecule has 106 valence electrons. The van der Waals surface area contributed by atoms with Crippen LogP contribution in [0.25, 0.3) is 0 Å². The van der Waals surface area contributed by atoms with Crippen LogP contribution in [0.4, 0.5) is 0 Å². The molecule has 1 aromatic heterocycles. The normalized spacial score (nSPS) is 17.7. The Morgan fingerprint density at radius 2 is 2.00 bits per heavy atom. The zero-order valence-corrected chi connectivity index (χ0v) is 12.6. The minimum Gasteiger partial charge on any atom is -0.335 e. The number of nitrogens with zero attached hydrogens (tertiary/aromatic N) is 3. The third-order valence-electron chi connectivity index (χ3n) is 3.13. The lowest BCUT2D eigenvalue weighted by Crippen LogP contribution is -2.50. The maximum absolute atomic E-state index is 12.1. The molecule has 0 aromatic carbocycles. The van der Waals surface area contributed by atoms with Crippen molar-refractivity contribution in [1.82, 2.24) is 13.6 Å². The van der Waals surface area contributed by atoms with E-state index < -0.39 is 10.0 Å². The average Bonchev–Trinajstić information content (AvgIpc) is 2.85. The largest absolute Gasteiger partial charge is 0.335 e. The molecule has 0 spiro atoms. The number of carbonyl (C=O) groups excluding carboxylic acids is 1. The molecular formula is C11H17N3O3S2. The highest BCUT2D eigenvalue weighted by molar-refractivity contribution is 7.89. The average molecular weight is 303 g/mol. The summed E-state index contributed by atoms with van der Waals surface area (Å²) in [6.07, 6.45) is 0. The molecular weight excluding hydrogens is 286 g/mol. The van der Waals surface area contributed by atoms with Gasteiger partial charge in [0, 0.05) is 31.1 Å². The Balaban J connectivity index is 1.99. The second-order valence-corrected chi connectivity index (χ2v) is 7.68. The number of amides is 1. The van der Waals surface area contributed by atoms with Gasteiger partial charge in [-0.3, -0.25) is 4.79 Å². The summed E-state index contributed by atoms with van der Waals surface area (Å²) in [5, 5.41) is 0. The van der Waals surface area contributed by atoms with Gasteiger partial charge < -0.3 is 4.90 Å². The number of aryl methyl sites for hydroxylation is 1. The van der Waals surface area contributed by atoms with Gasteiger partial charge in [-0.2, -0.15) is 8.68 Å². The number of hydrogen-bond donors (Lipinski definition) is 0. The van der Waals surface area contributed by atoms with Gasteiger partial charge in [0.15, 0.2) is 0 Å². The van der Waals surface area contributed by atoms with Crippen molar-refractivity contribution >= 4 is 27.5 Å². The summed E-state index contributed by atoms with van der Waals surface area (Å²) in [7, 11) is -3.15. The SMILES string of the molecule is CCS(=O)(=O)N1CCN(C(=O)c2cc(C)sn2)CC1. The van der Waals surface area contributed by atoms with Gasteiger partial charge in [0.05, 0.1) is 5.75 Å². The Hall–Kier alpha value is -0.990. The number of piperazine rings is 1. The van der Waals surface area contributed by atoms with Crippen LogP contribution >= 0.6 is 11.5 Å². The predicted octanol–water partition coefficient (Wildman–Crippen LogP) is 0.559. The quantitative estimate of drug-likeness (QED) is 0.818. The van der Waals surface area contributed by atoms with Gasteiger partial charge in [-0.25, -0.2) is 8.42 Å². The van der Waals surface area contributed by atoms with E-state index in [4.69, 9.17) is 0 Å². The molecule has 0 aliphatic carbocycles. The zero-order valence-electron chi connectivity index (χ0n) is 11.0. The topological polar surface area (TPSA) is 70.6 Å². The van der Waals surface area contributed by atoms with Crippen LogP contribution in [-0.2, 0) is 10.0 Å². The van der Waals surface area contributed by atoms with Gasteiger partial charge in [-0.05, 0) is 31.4 Å². The number of carbonyl (C=O) groups is 1. The Morgan fingerprint density at radius 3 is 2.47 bits per heavy atom. The second-order valence-electron chi connectivity index (χ2n) is 4.41. The zero-order chi connectivity index (χ0) is 14.0. The Kier molecular flexibility index (Phi) is 4.22. The Labute approximate surface area is 117 Å². The highest BCUT2D eigenvalue weighted by Crippen LogP contribution is 2.14. The second kappa shape index (κ2) is 5.56. The summed E-state index contributed by atoms with van der Waals surface area (Å²) >= 11 is 1.30. The first-order chi connectivity index (χ1) is 8.94. The van der Waals surface area contributed by atoms with Crippen LogP contribution < -0.4 is 0 Å². The van der Waals surface area contributed by atoms with Crippen molar-refractivity contribution < 1.29 is 13.2 Å². The molecule has 6 nitrogen and oxygen atoms in total. The van der Waals surface area contributed by atoms with E-state index in [1.165, 1.54) is 15.8 Å². The van der Waals surface area contributed by atoms with E-state index in [1.807, 2.05) is 6.92 Å². The molecule has 1 fully saturated rings. The molecule has 2 rings (SSSR count). The first kappa shape index (κ1) is 14.4. The molecule has 8 heteroatoms. The van der Waals surface area contributed by atoms with E-state index in [0.29, 0.717) is 31.9 Å². The van der Waals surface area contributed by atoms with E-state index in [-0.39, 0.29) is 11.7 Å². The molecule has 0 atom stereocenters. The number of sulfonamides is 1. The van der Waals surface area contributed by atoms with Crippen molar-refractivity contribution in [2.75, 3.05) is 31.9 Å². The number of hydrogen-bond acceptors (Lipinski definition) is 5. The summed E-state index contributed by atoms with van der Waals surface area (Å²) in [6, 6.07) is 1.77. The first-order valence-corrected chi connectivity index (χ1v) is 8.52. The summed E-state index contributed by atoms with van der Waals surface area (Å²) < 4.78 is 29.0. The third kappa shape index (κ3) is 3.13. The van der Waals surface area contributed by atoms with Crippen LogP contribution in [0.1, 0.15) is 22.3 Å². The van der Waals surface area contributed by atoms with Gasteiger partial charge in [0.2, 0.25) is 10.0 Å². The molecule has 0 N–H and O–H groups in total. The highest BCUT2D eigenvalue weighted by atomic mass is 32.2. The molecule has 1 aliphatic heterocycles. The molecule has 19 heavy (non-hydrogen) atoms. The van der Waals surface area contributed by atoms with E-state index in [2.05, 4.69) is 4.37 Å². The smallest absolute Gasteiger partial charge is 0.273 e.